The first-order valence-corrected chi connectivity index (χ1v) is 9.34. The van der Waals surface area contributed by atoms with Crippen molar-refractivity contribution < 1.29 is 9.59 Å². The molecule has 6 heteroatoms. The number of piperazine rings is 1. The highest BCUT2D eigenvalue weighted by Crippen LogP contribution is 2.12. The van der Waals surface area contributed by atoms with Gasteiger partial charge in [0.05, 0.1) is 11.1 Å². The standard InChI is InChI=1S/C21H26N4O2/c1-16(2)23-20(26)18-12-19(14-22-13-18)21(27)25-10-8-24(9-11-25)15-17-6-4-3-5-7-17/h3-7,12-14,16H,8-11,15H2,1-2H3,(H,23,26). The second-order valence-corrected chi connectivity index (χ2v) is 7.14. The number of nitrogens with zero attached hydrogens (tertiary/aromatic N) is 3. The lowest BCUT2D eigenvalue weighted by atomic mass is 10.1. The van der Waals surface area contributed by atoms with Crippen LogP contribution in [0.3, 0.4) is 0 Å². The fraction of sp³-hybridized carbons (Fsp3) is 0.381. The van der Waals surface area contributed by atoms with Gasteiger partial charge in [-0.25, -0.2) is 0 Å². The zero-order valence-electron chi connectivity index (χ0n) is 15.9. The molecule has 2 heterocycles. The van der Waals surface area contributed by atoms with Crippen LogP contribution in [-0.2, 0) is 6.54 Å². The molecule has 142 valence electrons. The summed E-state index contributed by atoms with van der Waals surface area (Å²) in [4.78, 5) is 33.2. The van der Waals surface area contributed by atoms with Gasteiger partial charge >= 0.3 is 0 Å². The Morgan fingerprint density at radius 3 is 2.37 bits per heavy atom. The lowest BCUT2D eigenvalue weighted by Gasteiger charge is -2.34. The molecular formula is C21H26N4O2. The van der Waals surface area contributed by atoms with E-state index in [0.29, 0.717) is 24.2 Å². The van der Waals surface area contributed by atoms with Crippen LogP contribution in [0, 0.1) is 0 Å². The van der Waals surface area contributed by atoms with Crippen LogP contribution in [0.5, 0.6) is 0 Å². The number of benzene rings is 1. The third-order valence-corrected chi connectivity index (χ3v) is 4.58. The molecule has 2 amide bonds. The van der Waals surface area contributed by atoms with E-state index >= 15 is 0 Å². The largest absolute Gasteiger partial charge is 0.350 e. The summed E-state index contributed by atoms with van der Waals surface area (Å²) < 4.78 is 0. The minimum atomic E-state index is -0.208. The van der Waals surface area contributed by atoms with Crippen molar-refractivity contribution in [1.29, 1.82) is 0 Å². The summed E-state index contributed by atoms with van der Waals surface area (Å²) in [5, 5.41) is 2.82. The Kier molecular flexibility index (Phi) is 6.19. The van der Waals surface area contributed by atoms with E-state index in [2.05, 4.69) is 27.3 Å². The third-order valence-electron chi connectivity index (χ3n) is 4.58. The predicted molar refractivity (Wildman–Crippen MR) is 104 cm³/mol. The van der Waals surface area contributed by atoms with Gasteiger partial charge < -0.3 is 10.2 Å². The average molecular weight is 366 g/mol. The molecule has 1 N–H and O–H groups in total. The zero-order valence-corrected chi connectivity index (χ0v) is 15.9. The predicted octanol–water partition coefficient (Wildman–Crippen LogP) is 2.18. The molecule has 0 saturated carbocycles. The first-order chi connectivity index (χ1) is 13.0. The molecule has 1 aromatic carbocycles. The number of aromatic nitrogens is 1. The summed E-state index contributed by atoms with van der Waals surface area (Å²) in [5.74, 6) is -0.277. The highest BCUT2D eigenvalue weighted by Gasteiger charge is 2.23. The molecule has 0 bridgehead atoms. The van der Waals surface area contributed by atoms with Crippen molar-refractivity contribution in [1.82, 2.24) is 20.1 Å². The molecule has 1 saturated heterocycles. The second kappa shape index (κ2) is 8.77. The normalized spacial score (nSPS) is 15.0. The molecule has 0 spiro atoms. The number of pyridine rings is 1. The zero-order chi connectivity index (χ0) is 19.2. The highest BCUT2D eigenvalue weighted by atomic mass is 16.2. The molecule has 2 aromatic rings. The van der Waals surface area contributed by atoms with E-state index in [-0.39, 0.29) is 17.9 Å². The molecule has 1 aromatic heterocycles. The first-order valence-electron chi connectivity index (χ1n) is 9.34. The van der Waals surface area contributed by atoms with Crippen LogP contribution in [0.1, 0.15) is 40.1 Å². The smallest absolute Gasteiger partial charge is 0.255 e. The van der Waals surface area contributed by atoms with Crippen molar-refractivity contribution in [2.45, 2.75) is 26.4 Å². The number of carbonyl (C=O) groups excluding carboxylic acids is 2. The van der Waals surface area contributed by atoms with Crippen molar-refractivity contribution in [3.8, 4) is 0 Å². The highest BCUT2D eigenvalue weighted by molar-refractivity contribution is 5.99. The Morgan fingerprint density at radius 1 is 1.04 bits per heavy atom. The fourth-order valence-corrected chi connectivity index (χ4v) is 3.16. The third kappa shape index (κ3) is 5.14. The molecule has 0 atom stereocenters. The molecular weight excluding hydrogens is 340 g/mol. The maximum absolute atomic E-state index is 12.8. The van der Waals surface area contributed by atoms with Crippen molar-refractivity contribution >= 4 is 11.8 Å². The fourth-order valence-electron chi connectivity index (χ4n) is 3.16. The van der Waals surface area contributed by atoms with Crippen LogP contribution in [0.15, 0.2) is 48.8 Å². The van der Waals surface area contributed by atoms with Gasteiger partial charge in [-0.05, 0) is 25.5 Å². The van der Waals surface area contributed by atoms with E-state index in [1.54, 1.807) is 6.07 Å². The van der Waals surface area contributed by atoms with E-state index in [0.717, 1.165) is 19.6 Å². The Balaban J connectivity index is 1.58. The molecule has 1 fully saturated rings. The van der Waals surface area contributed by atoms with Crippen molar-refractivity contribution in [3.63, 3.8) is 0 Å². The summed E-state index contributed by atoms with van der Waals surface area (Å²) in [6.45, 7) is 7.71. The molecule has 0 aliphatic carbocycles. The van der Waals surface area contributed by atoms with Crippen LogP contribution in [0.2, 0.25) is 0 Å². The topological polar surface area (TPSA) is 65.5 Å². The Morgan fingerprint density at radius 2 is 1.70 bits per heavy atom. The van der Waals surface area contributed by atoms with Gasteiger partial charge in [0.2, 0.25) is 0 Å². The molecule has 3 rings (SSSR count). The molecule has 0 unspecified atom stereocenters. The minimum absolute atomic E-state index is 0.0366. The van der Waals surface area contributed by atoms with Crippen LogP contribution >= 0.6 is 0 Å². The van der Waals surface area contributed by atoms with Crippen LogP contribution in [0.25, 0.3) is 0 Å². The number of carbonyl (C=O) groups is 2. The average Bonchev–Trinajstić information content (AvgIpc) is 2.68. The summed E-state index contributed by atoms with van der Waals surface area (Å²) in [5.41, 5.74) is 2.16. The van der Waals surface area contributed by atoms with E-state index in [4.69, 9.17) is 0 Å². The Bertz CT molecular complexity index is 784. The van der Waals surface area contributed by atoms with E-state index in [1.807, 2.05) is 36.9 Å². The van der Waals surface area contributed by atoms with Crippen LogP contribution in [-0.4, -0.2) is 58.8 Å². The van der Waals surface area contributed by atoms with E-state index < -0.39 is 0 Å². The van der Waals surface area contributed by atoms with Gasteiger partial charge in [-0.15, -0.1) is 0 Å². The summed E-state index contributed by atoms with van der Waals surface area (Å²) >= 11 is 0. The number of amides is 2. The quantitative estimate of drug-likeness (QED) is 0.881. The molecule has 6 nitrogen and oxygen atoms in total. The summed E-state index contributed by atoms with van der Waals surface area (Å²) in [6.07, 6.45) is 3.02. The van der Waals surface area contributed by atoms with Gasteiger partial charge in [0.1, 0.15) is 0 Å². The van der Waals surface area contributed by atoms with Crippen molar-refractivity contribution in [2.24, 2.45) is 0 Å². The van der Waals surface area contributed by atoms with Gasteiger partial charge in [0, 0.05) is 51.2 Å². The van der Waals surface area contributed by atoms with E-state index in [1.165, 1.54) is 18.0 Å². The van der Waals surface area contributed by atoms with Gasteiger partial charge in [-0.1, -0.05) is 30.3 Å². The second-order valence-electron chi connectivity index (χ2n) is 7.14. The van der Waals surface area contributed by atoms with Gasteiger partial charge in [-0.3, -0.25) is 19.5 Å². The lowest BCUT2D eigenvalue weighted by molar-refractivity contribution is 0.0628. The summed E-state index contributed by atoms with van der Waals surface area (Å²) in [7, 11) is 0. The van der Waals surface area contributed by atoms with Gasteiger partial charge in [0.25, 0.3) is 11.8 Å². The van der Waals surface area contributed by atoms with Gasteiger partial charge in [-0.2, -0.15) is 0 Å². The maximum Gasteiger partial charge on any atom is 0.255 e. The van der Waals surface area contributed by atoms with Crippen LogP contribution < -0.4 is 5.32 Å². The van der Waals surface area contributed by atoms with Crippen LogP contribution in [0.4, 0.5) is 0 Å². The maximum atomic E-state index is 12.8. The SMILES string of the molecule is CC(C)NC(=O)c1cncc(C(=O)N2CCN(Cc3ccccc3)CC2)c1. The molecule has 0 radical (unpaired) electrons. The Hall–Kier alpha value is -2.73. The lowest BCUT2D eigenvalue weighted by Crippen LogP contribution is -2.48. The molecule has 1 aliphatic rings. The minimum Gasteiger partial charge on any atom is -0.350 e. The van der Waals surface area contributed by atoms with E-state index in [9.17, 15) is 9.59 Å². The number of hydrogen-bond donors (Lipinski definition) is 1. The number of hydrogen-bond acceptors (Lipinski definition) is 4. The Labute approximate surface area is 160 Å². The van der Waals surface area contributed by atoms with Crippen molar-refractivity contribution in [3.05, 3.63) is 65.5 Å². The molecule has 27 heavy (non-hydrogen) atoms. The first kappa shape index (κ1) is 19.0. The molecule has 1 aliphatic heterocycles. The monoisotopic (exact) mass is 366 g/mol. The number of nitrogens with one attached hydrogen (secondary N) is 1. The number of rotatable bonds is 5. The van der Waals surface area contributed by atoms with Gasteiger partial charge in [0.15, 0.2) is 0 Å². The van der Waals surface area contributed by atoms with Crippen molar-refractivity contribution in [2.75, 3.05) is 26.2 Å². The summed E-state index contributed by atoms with van der Waals surface area (Å²) in [6, 6.07) is 12.0.